The molecule has 2 aromatic carbocycles. The zero-order valence-corrected chi connectivity index (χ0v) is 12.6. The third-order valence-electron chi connectivity index (χ3n) is 3.53. The number of aromatic nitrogens is 2. The lowest BCUT2D eigenvalue weighted by Gasteiger charge is -2.08. The number of aromatic amines is 1. The summed E-state index contributed by atoms with van der Waals surface area (Å²) in [5, 5.41) is 3.66. The summed E-state index contributed by atoms with van der Waals surface area (Å²) in [6.07, 6.45) is 0. The van der Waals surface area contributed by atoms with E-state index in [-0.39, 0.29) is 5.56 Å². The van der Waals surface area contributed by atoms with Gasteiger partial charge in [0.1, 0.15) is 5.39 Å². The first-order chi connectivity index (χ1) is 10.7. The Balaban J connectivity index is 2.13. The second kappa shape index (κ2) is 5.97. The Morgan fingerprint density at radius 2 is 1.91 bits per heavy atom. The molecular weight excluding hydrogens is 280 g/mol. The summed E-state index contributed by atoms with van der Waals surface area (Å²) in [7, 11) is 1.57. The van der Waals surface area contributed by atoms with Crippen LogP contribution in [-0.4, -0.2) is 23.5 Å². The highest BCUT2D eigenvalue weighted by Gasteiger charge is 2.16. The van der Waals surface area contributed by atoms with Crippen LogP contribution in [0.1, 0.15) is 12.5 Å². The van der Waals surface area contributed by atoms with E-state index in [9.17, 15) is 4.79 Å². The zero-order valence-electron chi connectivity index (χ0n) is 12.6. The summed E-state index contributed by atoms with van der Waals surface area (Å²) < 4.78 is 12.5. The number of fused-ring (bicyclic) bond motifs is 1. The van der Waals surface area contributed by atoms with Gasteiger partial charge in [-0.25, -0.2) is 4.68 Å². The van der Waals surface area contributed by atoms with Crippen LogP contribution >= 0.6 is 0 Å². The fourth-order valence-electron chi connectivity index (χ4n) is 2.53. The van der Waals surface area contributed by atoms with Crippen LogP contribution in [0.25, 0.3) is 10.9 Å². The zero-order chi connectivity index (χ0) is 15.5. The molecular formula is C17H18N2O3. The Kier molecular flexibility index (Phi) is 3.87. The number of benzene rings is 2. The predicted molar refractivity (Wildman–Crippen MR) is 85.8 cm³/mol. The topological polar surface area (TPSA) is 56.2 Å². The van der Waals surface area contributed by atoms with Crippen molar-refractivity contribution in [3.63, 3.8) is 0 Å². The number of nitrogens with zero attached hydrogens (tertiary/aromatic N) is 1. The van der Waals surface area contributed by atoms with Crippen LogP contribution in [0.15, 0.2) is 47.3 Å². The van der Waals surface area contributed by atoms with Crippen molar-refractivity contribution >= 4 is 10.9 Å². The molecule has 3 aromatic rings. The lowest BCUT2D eigenvalue weighted by molar-refractivity contribution is 0.314. The summed E-state index contributed by atoms with van der Waals surface area (Å²) in [5.74, 6) is 1.06. The van der Waals surface area contributed by atoms with Crippen molar-refractivity contribution in [2.75, 3.05) is 13.7 Å². The molecule has 5 heteroatoms. The van der Waals surface area contributed by atoms with E-state index in [1.165, 1.54) is 0 Å². The van der Waals surface area contributed by atoms with Crippen molar-refractivity contribution in [1.29, 1.82) is 0 Å². The van der Waals surface area contributed by atoms with Gasteiger partial charge >= 0.3 is 0 Å². The summed E-state index contributed by atoms with van der Waals surface area (Å²) in [6.45, 7) is 2.84. The summed E-state index contributed by atoms with van der Waals surface area (Å²) in [5.41, 5.74) is 1.69. The van der Waals surface area contributed by atoms with E-state index < -0.39 is 0 Å². The largest absolute Gasteiger partial charge is 0.493 e. The Morgan fingerprint density at radius 3 is 2.59 bits per heavy atom. The number of methoxy groups -OCH3 is 1. The molecule has 0 saturated heterocycles. The highest BCUT2D eigenvalue weighted by atomic mass is 16.5. The van der Waals surface area contributed by atoms with Crippen molar-refractivity contribution < 1.29 is 9.47 Å². The van der Waals surface area contributed by atoms with Gasteiger partial charge in [-0.1, -0.05) is 30.3 Å². The van der Waals surface area contributed by atoms with Crippen molar-refractivity contribution in [1.82, 2.24) is 9.78 Å². The molecule has 3 rings (SSSR count). The van der Waals surface area contributed by atoms with Crippen LogP contribution in [0.5, 0.6) is 11.5 Å². The molecule has 1 aromatic heterocycles. The lowest BCUT2D eigenvalue weighted by Crippen LogP contribution is -2.17. The van der Waals surface area contributed by atoms with Crippen molar-refractivity contribution in [2.24, 2.45) is 0 Å². The van der Waals surface area contributed by atoms with Gasteiger partial charge in [-0.3, -0.25) is 9.89 Å². The van der Waals surface area contributed by atoms with Crippen LogP contribution in [0, 0.1) is 0 Å². The van der Waals surface area contributed by atoms with Crippen LogP contribution in [-0.2, 0) is 6.54 Å². The van der Waals surface area contributed by atoms with E-state index in [1.807, 2.05) is 43.3 Å². The van der Waals surface area contributed by atoms with Gasteiger partial charge in [-0.2, -0.15) is 0 Å². The molecule has 0 saturated carbocycles. The molecule has 0 fully saturated rings. The van der Waals surface area contributed by atoms with Crippen molar-refractivity contribution in [2.45, 2.75) is 13.5 Å². The molecule has 1 N–H and O–H groups in total. The fraction of sp³-hybridized carbons (Fsp3) is 0.235. The van der Waals surface area contributed by atoms with Crippen LogP contribution in [0.3, 0.4) is 0 Å². The van der Waals surface area contributed by atoms with E-state index in [4.69, 9.17) is 9.47 Å². The minimum Gasteiger partial charge on any atom is -0.493 e. The number of hydrogen-bond donors (Lipinski definition) is 1. The van der Waals surface area contributed by atoms with E-state index in [0.717, 1.165) is 11.1 Å². The molecule has 0 amide bonds. The van der Waals surface area contributed by atoms with Gasteiger partial charge in [-0.05, 0) is 24.6 Å². The van der Waals surface area contributed by atoms with E-state index in [2.05, 4.69) is 5.10 Å². The van der Waals surface area contributed by atoms with Crippen molar-refractivity contribution in [3.8, 4) is 11.5 Å². The minimum absolute atomic E-state index is 0.110. The first-order valence-corrected chi connectivity index (χ1v) is 7.20. The van der Waals surface area contributed by atoms with Gasteiger partial charge in [0.15, 0.2) is 11.5 Å². The smallest absolute Gasteiger partial charge is 0.278 e. The molecule has 0 radical (unpaired) electrons. The molecule has 0 aliphatic heterocycles. The first-order valence-electron chi connectivity index (χ1n) is 7.20. The van der Waals surface area contributed by atoms with Gasteiger partial charge in [0, 0.05) is 0 Å². The monoisotopic (exact) mass is 298 g/mol. The van der Waals surface area contributed by atoms with E-state index in [0.29, 0.717) is 30.0 Å². The molecule has 114 valence electrons. The molecule has 0 aliphatic carbocycles. The molecule has 0 aliphatic rings. The second-order valence-electron chi connectivity index (χ2n) is 4.94. The van der Waals surface area contributed by atoms with Crippen LogP contribution in [0.2, 0.25) is 0 Å². The Bertz CT molecular complexity index is 834. The summed E-state index contributed by atoms with van der Waals surface area (Å²) in [6, 6.07) is 13.5. The van der Waals surface area contributed by atoms with Gasteiger partial charge in [0.05, 0.1) is 25.8 Å². The molecule has 0 bridgehead atoms. The molecule has 22 heavy (non-hydrogen) atoms. The Labute approximate surface area is 128 Å². The number of rotatable bonds is 5. The van der Waals surface area contributed by atoms with Crippen molar-refractivity contribution in [3.05, 3.63) is 58.4 Å². The molecule has 0 spiro atoms. The Morgan fingerprint density at radius 1 is 1.14 bits per heavy atom. The third kappa shape index (κ3) is 2.45. The SMILES string of the molecule is CCOc1c(OC)ccc2[nH]n(Cc3ccccc3)c(=O)c12. The standard InChI is InChI=1S/C17H18N2O3/c1-3-22-16-14(21-2)10-9-13-15(16)17(20)19(18-13)11-12-7-5-4-6-8-12/h4-10,18H,3,11H2,1-2H3. The number of H-pyrrole nitrogens is 1. The van der Waals surface area contributed by atoms with Gasteiger partial charge < -0.3 is 9.47 Å². The van der Waals surface area contributed by atoms with E-state index >= 15 is 0 Å². The first kappa shape index (κ1) is 14.3. The lowest BCUT2D eigenvalue weighted by atomic mass is 10.2. The molecule has 0 unspecified atom stereocenters. The highest BCUT2D eigenvalue weighted by Crippen LogP contribution is 2.33. The van der Waals surface area contributed by atoms with Gasteiger partial charge in [-0.15, -0.1) is 0 Å². The third-order valence-corrected chi connectivity index (χ3v) is 3.53. The number of hydrogen-bond acceptors (Lipinski definition) is 3. The van der Waals surface area contributed by atoms with E-state index in [1.54, 1.807) is 17.9 Å². The fourth-order valence-corrected chi connectivity index (χ4v) is 2.53. The van der Waals surface area contributed by atoms with Gasteiger partial charge in [0.25, 0.3) is 5.56 Å². The minimum atomic E-state index is -0.110. The average Bonchev–Trinajstić information content (AvgIpc) is 2.85. The summed E-state index contributed by atoms with van der Waals surface area (Å²) >= 11 is 0. The molecule has 0 atom stereocenters. The number of ether oxygens (including phenoxy) is 2. The average molecular weight is 298 g/mol. The maximum Gasteiger partial charge on any atom is 0.278 e. The highest BCUT2D eigenvalue weighted by molar-refractivity contribution is 5.87. The van der Waals surface area contributed by atoms with Gasteiger partial charge in [0.2, 0.25) is 0 Å². The van der Waals surface area contributed by atoms with Crippen LogP contribution in [0.4, 0.5) is 0 Å². The van der Waals surface area contributed by atoms with Crippen LogP contribution < -0.4 is 15.0 Å². The molecule has 1 heterocycles. The predicted octanol–water partition coefficient (Wildman–Crippen LogP) is 2.79. The quantitative estimate of drug-likeness (QED) is 0.788. The Hall–Kier alpha value is -2.69. The second-order valence-corrected chi connectivity index (χ2v) is 4.94. The summed E-state index contributed by atoms with van der Waals surface area (Å²) in [4.78, 5) is 12.7. The normalized spacial score (nSPS) is 10.8. The number of nitrogens with one attached hydrogen (secondary N) is 1. The maximum absolute atomic E-state index is 12.7. The maximum atomic E-state index is 12.7. The molecule has 5 nitrogen and oxygen atoms in total.